The summed E-state index contributed by atoms with van der Waals surface area (Å²) in [6.45, 7) is 0. The van der Waals surface area contributed by atoms with Crippen molar-refractivity contribution in [3.63, 3.8) is 0 Å². The Hall–Kier alpha value is -7.36. The van der Waals surface area contributed by atoms with Gasteiger partial charge in [-0.15, -0.1) is 0 Å². The largest absolute Gasteiger partial charge is 0.456 e. The molecule has 0 N–H and O–H groups in total. The molecule has 0 aliphatic carbocycles. The van der Waals surface area contributed by atoms with Crippen LogP contribution >= 0.6 is 0 Å². The van der Waals surface area contributed by atoms with E-state index >= 15 is 0 Å². The van der Waals surface area contributed by atoms with Crippen molar-refractivity contribution < 1.29 is 4.42 Å². The van der Waals surface area contributed by atoms with E-state index in [1.165, 1.54) is 33.4 Å². The van der Waals surface area contributed by atoms with Gasteiger partial charge in [0.05, 0.1) is 11.4 Å². The summed E-state index contributed by atoms with van der Waals surface area (Å²) in [5.74, 6) is 0.680. The Kier molecular flexibility index (Phi) is 8.16. The standard InChI is InChI=1S/C52H34N2O/c1-4-12-35(13-5-1)37-22-24-39(25-23-37)42-18-10-19-43(32-42)44-30-31-49-46(33-44)51-45(20-11-21-50(51)55-49)48-34-47(53-52(54-48)41-16-8-3-9-17-41)40-28-26-38(27-29-40)36-14-6-2-7-15-36/h1-34H. The highest BCUT2D eigenvalue weighted by molar-refractivity contribution is 6.13. The van der Waals surface area contributed by atoms with Crippen LogP contribution in [0.2, 0.25) is 0 Å². The molecule has 0 amide bonds. The van der Waals surface area contributed by atoms with E-state index in [0.717, 1.165) is 61.1 Å². The average molecular weight is 703 g/mol. The predicted molar refractivity (Wildman–Crippen MR) is 227 cm³/mol. The van der Waals surface area contributed by atoms with Gasteiger partial charge in [0, 0.05) is 27.5 Å². The van der Waals surface area contributed by atoms with Crippen molar-refractivity contribution in [3.8, 4) is 78.4 Å². The summed E-state index contributed by atoms with van der Waals surface area (Å²) in [7, 11) is 0. The molecule has 2 heterocycles. The first-order chi connectivity index (χ1) is 27.2. The van der Waals surface area contributed by atoms with E-state index in [4.69, 9.17) is 14.4 Å². The molecule has 55 heavy (non-hydrogen) atoms. The van der Waals surface area contributed by atoms with Gasteiger partial charge < -0.3 is 4.42 Å². The highest BCUT2D eigenvalue weighted by atomic mass is 16.3. The molecule has 0 bridgehead atoms. The molecule has 8 aromatic carbocycles. The van der Waals surface area contributed by atoms with Crippen LogP contribution in [0.5, 0.6) is 0 Å². The first-order valence-corrected chi connectivity index (χ1v) is 18.6. The van der Waals surface area contributed by atoms with Crippen molar-refractivity contribution in [1.82, 2.24) is 9.97 Å². The van der Waals surface area contributed by atoms with Crippen molar-refractivity contribution in [3.05, 3.63) is 206 Å². The molecule has 258 valence electrons. The van der Waals surface area contributed by atoms with Gasteiger partial charge in [-0.25, -0.2) is 9.97 Å². The van der Waals surface area contributed by atoms with Gasteiger partial charge in [0.15, 0.2) is 5.82 Å². The summed E-state index contributed by atoms with van der Waals surface area (Å²) in [6, 6.07) is 72.2. The van der Waals surface area contributed by atoms with Crippen molar-refractivity contribution in [2.75, 3.05) is 0 Å². The first-order valence-electron chi connectivity index (χ1n) is 18.6. The summed E-state index contributed by atoms with van der Waals surface area (Å²) in [5.41, 5.74) is 15.8. The number of fused-ring (bicyclic) bond motifs is 3. The second-order valence-electron chi connectivity index (χ2n) is 13.8. The smallest absolute Gasteiger partial charge is 0.160 e. The van der Waals surface area contributed by atoms with Gasteiger partial charge in [0.2, 0.25) is 0 Å². The van der Waals surface area contributed by atoms with Gasteiger partial charge in [-0.1, -0.05) is 176 Å². The molecule has 3 nitrogen and oxygen atoms in total. The van der Waals surface area contributed by atoms with E-state index in [-0.39, 0.29) is 0 Å². The van der Waals surface area contributed by atoms with Crippen LogP contribution in [-0.4, -0.2) is 9.97 Å². The van der Waals surface area contributed by atoms with Crippen molar-refractivity contribution in [2.45, 2.75) is 0 Å². The van der Waals surface area contributed by atoms with E-state index in [2.05, 4.69) is 170 Å². The third kappa shape index (κ3) is 6.28. The SMILES string of the molecule is c1ccc(-c2ccc(-c3cccc(-c4ccc5oc6cccc(-c7cc(-c8ccc(-c9ccccc9)cc8)nc(-c8ccccc8)n7)c6c5c4)c3)cc2)cc1. The fourth-order valence-electron chi connectivity index (χ4n) is 7.50. The van der Waals surface area contributed by atoms with Crippen molar-refractivity contribution >= 4 is 21.9 Å². The Morgan fingerprint density at radius 3 is 1.38 bits per heavy atom. The number of rotatable bonds is 7. The molecular weight excluding hydrogens is 669 g/mol. The van der Waals surface area contributed by atoms with Gasteiger partial charge in [-0.2, -0.15) is 0 Å². The lowest BCUT2D eigenvalue weighted by Gasteiger charge is -2.11. The van der Waals surface area contributed by atoms with Crippen LogP contribution in [0.15, 0.2) is 211 Å². The highest BCUT2D eigenvalue weighted by Crippen LogP contribution is 2.40. The number of hydrogen-bond acceptors (Lipinski definition) is 3. The first kappa shape index (κ1) is 32.3. The molecule has 0 unspecified atom stereocenters. The number of benzene rings is 8. The summed E-state index contributed by atoms with van der Waals surface area (Å²) in [6.07, 6.45) is 0. The lowest BCUT2D eigenvalue weighted by molar-refractivity contribution is 0.669. The minimum atomic E-state index is 0.680. The van der Waals surface area contributed by atoms with E-state index in [9.17, 15) is 0 Å². The van der Waals surface area contributed by atoms with Crippen LogP contribution in [0.1, 0.15) is 0 Å². The molecule has 0 saturated heterocycles. The Morgan fingerprint density at radius 2 is 0.745 bits per heavy atom. The van der Waals surface area contributed by atoms with Crippen LogP contribution in [0.25, 0.3) is 100 Å². The van der Waals surface area contributed by atoms with Crippen LogP contribution < -0.4 is 0 Å². The van der Waals surface area contributed by atoms with Gasteiger partial charge >= 0.3 is 0 Å². The molecule has 2 aromatic heterocycles. The Morgan fingerprint density at radius 1 is 0.291 bits per heavy atom. The molecule has 0 aliphatic heterocycles. The number of hydrogen-bond donors (Lipinski definition) is 0. The molecule has 0 radical (unpaired) electrons. The zero-order valence-corrected chi connectivity index (χ0v) is 29.9. The molecule has 3 heteroatoms. The lowest BCUT2D eigenvalue weighted by atomic mass is 9.95. The third-order valence-corrected chi connectivity index (χ3v) is 10.3. The Bertz CT molecular complexity index is 2930. The molecule has 10 rings (SSSR count). The van der Waals surface area contributed by atoms with Crippen molar-refractivity contribution in [2.24, 2.45) is 0 Å². The zero-order chi connectivity index (χ0) is 36.6. The van der Waals surface area contributed by atoms with Crippen LogP contribution in [0, 0.1) is 0 Å². The quantitative estimate of drug-likeness (QED) is 0.166. The molecular formula is C52H34N2O. The summed E-state index contributed by atoms with van der Waals surface area (Å²) in [4.78, 5) is 10.3. The molecule has 10 aromatic rings. The summed E-state index contributed by atoms with van der Waals surface area (Å²) in [5, 5.41) is 2.09. The highest BCUT2D eigenvalue weighted by Gasteiger charge is 2.17. The minimum absolute atomic E-state index is 0.680. The normalized spacial score (nSPS) is 11.3. The second kappa shape index (κ2) is 13.9. The van der Waals surface area contributed by atoms with E-state index in [0.29, 0.717) is 5.82 Å². The Labute approximate surface area is 319 Å². The summed E-state index contributed by atoms with van der Waals surface area (Å²) < 4.78 is 6.49. The van der Waals surface area contributed by atoms with Crippen molar-refractivity contribution in [1.29, 1.82) is 0 Å². The van der Waals surface area contributed by atoms with E-state index in [1.54, 1.807) is 0 Å². The lowest BCUT2D eigenvalue weighted by Crippen LogP contribution is -1.96. The molecule has 0 atom stereocenters. The molecule has 0 aliphatic rings. The predicted octanol–water partition coefficient (Wildman–Crippen LogP) is 14.0. The average Bonchev–Trinajstić information content (AvgIpc) is 3.66. The minimum Gasteiger partial charge on any atom is -0.456 e. The van der Waals surface area contributed by atoms with Crippen LogP contribution in [0.4, 0.5) is 0 Å². The van der Waals surface area contributed by atoms with Crippen LogP contribution in [0.3, 0.4) is 0 Å². The number of furan rings is 1. The van der Waals surface area contributed by atoms with Gasteiger partial charge in [0.25, 0.3) is 0 Å². The van der Waals surface area contributed by atoms with E-state index in [1.807, 2.05) is 36.4 Å². The Balaban J connectivity index is 1.06. The third-order valence-electron chi connectivity index (χ3n) is 10.3. The van der Waals surface area contributed by atoms with Crippen LogP contribution in [-0.2, 0) is 0 Å². The maximum Gasteiger partial charge on any atom is 0.160 e. The molecule has 0 fully saturated rings. The fourth-order valence-corrected chi connectivity index (χ4v) is 7.50. The summed E-state index contributed by atoms with van der Waals surface area (Å²) >= 11 is 0. The van der Waals surface area contributed by atoms with Gasteiger partial charge in [-0.3, -0.25) is 0 Å². The monoisotopic (exact) mass is 702 g/mol. The maximum atomic E-state index is 6.49. The fraction of sp³-hybridized carbons (Fsp3) is 0. The molecule has 0 spiro atoms. The zero-order valence-electron chi connectivity index (χ0n) is 29.9. The number of nitrogens with zero attached hydrogens (tertiary/aromatic N) is 2. The van der Waals surface area contributed by atoms with E-state index < -0.39 is 0 Å². The topological polar surface area (TPSA) is 38.9 Å². The van der Waals surface area contributed by atoms with Gasteiger partial charge in [0.1, 0.15) is 11.2 Å². The van der Waals surface area contributed by atoms with Gasteiger partial charge in [-0.05, 0) is 74.8 Å². The molecule has 0 saturated carbocycles. The maximum absolute atomic E-state index is 6.49. The second-order valence-corrected chi connectivity index (χ2v) is 13.8. The number of aromatic nitrogens is 2.